The van der Waals surface area contributed by atoms with Crippen LogP contribution in [0.2, 0.25) is 0 Å². The molecule has 0 aliphatic rings. The van der Waals surface area contributed by atoms with Gasteiger partial charge in [-0.1, -0.05) is 26.8 Å². The van der Waals surface area contributed by atoms with E-state index in [0.29, 0.717) is 11.8 Å². The Balaban J connectivity index is 2.14. The van der Waals surface area contributed by atoms with Crippen molar-refractivity contribution >= 4 is 0 Å². The molecule has 0 fully saturated rings. The molecule has 0 amide bonds. The molecule has 1 atom stereocenters. The molecule has 0 bridgehead atoms. The quantitative estimate of drug-likeness (QED) is 0.820. The fourth-order valence-corrected chi connectivity index (χ4v) is 2.12. The van der Waals surface area contributed by atoms with E-state index in [9.17, 15) is 0 Å². The summed E-state index contributed by atoms with van der Waals surface area (Å²) in [4.78, 5) is 8.83. The average molecular weight is 244 g/mol. The third-order valence-electron chi connectivity index (χ3n) is 3.17. The van der Waals surface area contributed by atoms with Crippen molar-refractivity contribution in [1.29, 1.82) is 0 Å². The molecule has 18 heavy (non-hydrogen) atoms. The van der Waals surface area contributed by atoms with Crippen molar-refractivity contribution in [2.24, 2.45) is 0 Å². The number of hydrogen-bond acceptors (Lipinski definition) is 3. The zero-order valence-corrected chi connectivity index (χ0v) is 11.5. The van der Waals surface area contributed by atoms with E-state index in [1.807, 2.05) is 6.92 Å². The molecule has 3 nitrogen and oxygen atoms in total. The van der Waals surface area contributed by atoms with E-state index in [-0.39, 0.29) is 0 Å². The Labute approximate surface area is 108 Å². The van der Waals surface area contributed by atoms with Crippen LogP contribution in [0.4, 0.5) is 0 Å². The predicted octanol–water partition coefficient (Wildman–Crippen LogP) is 3.85. The SMILES string of the molecule is Cc1ncoc1C(C)Cc1cccc(C(C)C)n1. The van der Waals surface area contributed by atoms with Gasteiger partial charge < -0.3 is 4.42 Å². The van der Waals surface area contributed by atoms with Crippen LogP contribution in [-0.2, 0) is 6.42 Å². The zero-order chi connectivity index (χ0) is 13.1. The number of rotatable bonds is 4. The average Bonchev–Trinajstić information content (AvgIpc) is 2.76. The summed E-state index contributed by atoms with van der Waals surface area (Å²) < 4.78 is 5.44. The van der Waals surface area contributed by atoms with Gasteiger partial charge >= 0.3 is 0 Å². The highest BCUT2D eigenvalue weighted by Gasteiger charge is 2.14. The van der Waals surface area contributed by atoms with Gasteiger partial charge in [0.2, 0.25) is 0 Å². The van der Waals surface area contributed by atoms with Crippen molar-refractivity contribution in [2.45, 2.75) is 46.0 Å². The van der Waals surface area contributed by atoms with Gasteiger partial charge in [-0.2, -0.15) is 0 Å². The van der Waals surface area contributed by atoms with Crippen LogP contribution in [0.15, 0.2) is 29.0 Å². The van der Waals surface area contributed by atoms with Crippen LogP contribution in [0, 0.1) is 6.92 Å². The lowest BCUT2D eigenvalue weighted by atomic mass is 10.00. The number of hydrogen-bond donors (Lipinski definition) is 0. The first-order chi connectivity index (χ1) is 8.58. The van der Waals surface area contributed by atoms with Crippen molar-refractivity contribution in [1.82, 2.24) is 9.97 Å². The molecule has 96 valence electrons. The smallest absolute Gasteiger partial charge is 0.181 e. The molecular weight excluding hydrogens is 224 g/mol. The Morgan fingerprint density at radius 1 is 1.22 bits per heavy atom. The van der Waals surface area contributed by atoms with Gasteiger partial charge in [0.05, 0.1) is 5.69 Å². The minimum Gasteiger partial charge on any atom is -0.448 e. The van der Waals surface area contributed by atoms with Crippen LogP contribution in [0.1, 0.15) is 55.4 Å². The van der Waals surface area contributed by atoms with Crippen LogP contribution < -0.4 is 0 Å². The van der Waals surface area contributed by atoms with Gasteiger partial charge in [-0.15, -0.1) is 0 Å². The summed E-state index contributed by atoms with van der Waals surface area (Å²) in [6, 6.07) is 6.24. The summed E-state index contributed by atoms with van der Waals surface area (Å²) >= 11 is 0. The second-order valence-electron chi connectivity index (χ2n) is 5.12. The number of nitrogens with zero attached hydrogens (tertiary/aromatic N) is 2. The van der Waals surface area contributed by atoms with Gasteiger partial charge in [0.15, 0.2) is 6.39 Å². The Morgan fingerprint density at radius 2 is 2.00 bits per heavy atom. The lowest BCUT2D eigenvalue weighted by molar-refractivity contribution is 0.465. The first kappa shape index (κ1) is 12.8. The lowest BCUT2D eigenvalue weighted by Crippen LogP contribution is -2.03. The standard InChI is InChI=1S/C15H20N2O/c1-10(2)14-7-5-6-13(17-14)8-11(3)15-12(4)16-9-18-15/h5-7,9-11H,8H2,1-4H3. The molecule has 1 unspecified atom stereocenters. The number of aromatic nitrogens is 2. The maximum absolute atomic E-state index is 5.44. The van der Waals surface area contributed by atoms with Crippen LogP contribution in [-0.4, -0.2) is 9.97 Å². The van der Waals surface area contributed by atoms with Gasteiger partial charge in [0.1, 0.15) is 5.76 Å². The summed E-state index contributed by atoms with van der Waals surface area (Å²) in [6.07, 6.45) is 2.40. The maximum Gasteiger partial charge on any atom is 0.181 e. The molecule has 3 heteroatoms. The van der Waals surface area contributed by atoms with Crippen LogP contribution >= 0.6 is 0 Å². The summed E-state index contributed by atoms with van der Waals surface area (Å²) in [6.45, 7) is 8.46. The highest BCUT2D eigenvalue weighted by Crippen LogP contribution is 2.22. The highest BCUT2D eigenvalue weighted by atomic mass is 16.3. The van der Waals surface area contributed by atoms with Gasteiger partial charge in [-0.25, -0.2) is 4.98 Å². The molecule has 2 rings (SSSR count). The molecule has 2 aromatic rings. The minimum atomic E-state index is 0.308. The number of pyridine rings is 1. The Kier molecular flexibility index (Phi) is 3.80. The molecule has 0 radical (unpaired) electrons. The predicted molar refractivity (Wildman–Crippen MR) is 71.7 cm³/mol. The maximum atomic E-state index is 5.44. The van der Waals surface area contributed by atoms with Gasteiger partial charge in [0, 0.05) is 17.3 Å². The molecule has 0 N–H and O–H groups in total. The van der Waals surface area contributed by atoms with Gasteiger partial charge in [-0.3, -0.25) is 4.98 Å². The summed E-state index contributed by atoms with van der Waals surface area (Å²) in [5.41, 5.74) is 3.24. The van der Waals surface area contributed by atoms with Crippen LogP contribution in [0.3, 0.4) is 0 Å². The molecule has 2 aromatic heterocycles. The number of aryl methyl sites for hydroxylation is 1. The first-order valence-electron chi connectivity index (χ1n) is 6.43. The fraction of sp³-hybridized carbons (Fsp3) is 0.467. The second-order valence-corrected chi connectivity index (χ2v) is 5.12. The topological polar surface area (TPSA) is 38.9 Å². The summed E-state index contributed by atoms with van der Waals surface area (Å²) in [5, 5.41) is 0. The largest absolute Gasteiger partial charge is 0.448 e. The minimum absolute atomic E-state index is 0.308. The third kappa shape index (κ3) is 2.78. The summed E-state index contributed by atoms with van der Waals surface area (Å²) in [7, 11) is 0. The fourth-order valence-electron chi connectivity index (χ4n) is 2.12. The molecular formula is C15H20N2O. The van der Waals surface area contributed by atoms with Crippen LogP contribution in [0.25, 0.3) is 0 Å². The van der Waals surface area contributed by atoms with Gasteiger partial charge in [-0.05, 0) is 31.4 Å². The van der Waals surface area contributed by atoms with Crippen molar-refractivity contribution in [3.63, 3.8) is 0 Å². The van der Waals surface area contributed by atoms with E-state index >= 15 is 0 Å². The van der Waals surface area contributed by atoms with E-state index in [1.54, 1.807) is 0 Å². The molecule has 0 spiro atoms. The van der Waals surface area contributed by atoms with Crippen molar-refractivity contribution in [3.05, 3.63) is 47.4 Å². The van der Waals surface area contributed by atoms with E-state index in [4.69, 9.17) is 4.42 Å². The van der Waals surface area contributed by atoms with Crippen molar-refractivity contribution < 1.29 is 4.42 Å². The second kappa shape index (κ2) is 5.34. The number of oxazole rings is 1. The molecule has 0 saturated heterocycles. The van der Waals surface area contributed by atoms with Crippen molar-refractivity contribution in [2.75, 3.05) is 0 Å². The Morgan fingerprint density at radius 3 is 2.61 bits per heavy atom. The monoisotopic (exact) mass is 244 g/mol. The highest BCUT2D eigenvalue weighted by molar-refractivity contribution is 5.18. The normalized spacial score (nSPS) is 12.9. The Hall–Kier alpha value is -1.64. The van der Waals surface area contributed by atoms with E-state index in [0.717, 1.165) is 29.3 Å². The van der Waals surface area contributed by atoms with E-state index in [1.165, 1.54) is 6.39 Å². The first-order valence-corrected chi connectivity index (χ1v) is 6.43. The van der Waals surface area contributed by atoms with E-state index < -0.39 is 0 Å². The lowest BCUT2D eigenvalue weighted by Gasteiger charge is -2.11. The molecule has 2 heterocycles. The molecule has 0 saturated carbocycles. The third-order valence-corrected chi connectivity index (χ3v) is 3.17. The van der Waals surface area contributed by atoms with Crippen molar-refractivity contribution in [3.8, 4) is 0 Å². The van der Waals surface area contributed by atoms with Crippen LogP contribution in [0.5, 0.6) is 0 Å². The molecule has 0 aliphatic carbocycles. The van der Waals surface area contributed by atoms with Gasteiger partial charge in [0.25, 0.3) is 0 Å². The Bertz CT molecular complexity index is 517. The molecule has 0 aromatic carbocycles. The molecule has 0 aliphatic heterocycles. The summed E-state index contributed by atoms with van der Waals surface area (Å²) in [5.74, 6) is 1.74. The zero-order valence-electron chi connectivity index (χ0n) is 11.5. The van der Waals surface area contributed by atoms with E-state index in [2.05, 4.69) is 48.9 Å².